The van der Waals surface area contributed by atoms with E-state index in [0.29, 0.717) is 11.7 Å². The lowest BCUT2D eigenvalue weighted by molar-refractivity contribution is -0.113. The molecule has 0 fully saturated rings. The zero-order valence-electron chi connectivity index (χ0n) is 11.0. The summed E-state index contributed by atoms with van der Waals surface area (Å²) in [5, 5.41) is 6.37. The Morgan fingerprint density at radius 1 is 1.39 bits per heavy atom. The summed E-state index contributed by atoms with van der Waals surface area (Å²) in [7, 11) is 0. The van der Waals surface area contributed by atoms with Crippen LogP contribution in [0.25, 0.3) is 0 Å². The number of carbonyl (C=O) groups is 1. The third-order valence-corrected chi connectivity index (χ3v) is 4.44. The summed E-state index contributed by atoms with van der Waals surface area (Å²) in [6, 6.07) is 6.20. The standard InChI is InChI=1S/C14H20N2OS/c1-3-10(4-2)8-15-11-5-6-13-12(7-11)16-14(17)9-18-13/h5-7,10,15H,3-4,8-9H2,1-2H3,(H,16,17). The van der Waals surface area contributed by atoms with Gasteiger partial charge in [-0.3, -0.25) is 4.79 Å². The van der Waals surface area contributed by atoms with E-state index in [2.05, 4.69) is 36.6 Å². The minimum atomic E-state index is 0.0876. The van der Waals surface area contributed by atoms with E-state index in [0.717, 1.165) is 22.8 Å². The summed E-state index contributed by atoms with van der Waals surface area (Å²) >= 11 is 1.60. The minimum Gasteiger partial charge on any atom is -0.385 e. The van der Waals surface area contributed by atoms with Crippen molar-refractivity contribution in [3.63, 3.8) is 0 Å². The molecule has 0 aromatic heterocycles. The van der Waals surface area contributed by atoms with Crippen LogP contribution in [0.2, 0.25) is 0 Å². The van der Waals surface area contributed by atoms with Gasteiger partial charge in [0.1, 0.15) is 0 Å². The molecular weight excluding hydrogens is 244 g/mol. The molecule has 2 N–H and O–H groups in total. The molecule has 0 bridgehead atoms. The molecule has 1 aromatic carbocycles. The number of benzene rings is 1. The smallest absolute Gasteiger partial charge is 0.234 e. The second kappa shape index (κ2) is 6.14. The van der Waals surface area contributed by atoms with E-state index >= 15 is 0 Å². The van der Waals surface area contributed by atoms with Crippen molar-refractivity contribution in [3.8, 4) is 0 Å². The molecular formula is C14H20N2OS. The highest BCUT2D eigenvalue weighted by molar-refractivity contribution is 8.00. The third kappa shape index (κ3) is 3.19. The predicted molar refractivity (Wildman–Crippen MR) is 78.4 cm³/mol. The molecule has 3 nitrogen and oxygen atoms in total. The average Bonchev–Trinajstić information content (AvgIpc) is 2.39. The van der Waals surface area contributed by atoms with Crippen LogP contribution in [0.5, 0.6) is 0 Å². The average molecular weight is 264 g/mol. The van der Waals surface area contributed by atoms with Gasteiger partial charge in [0.15, 0.2) is 0 Å². The Morgan fingerprint density at radius 3 is 2.89 bits per heavy atom. The van der Waals surface area contributed by atoms with Crippen LogP contribution in [0.4, 0.5) is 11.4 Å². The fraction of sp³-hybridized carbons (Fsp3) is 0.500. The van der Waals surface area contributed by atoms with Crippen LogP contribution in [-0.4, -0.2) is 18.2 Å². The zero-order valence-corrected chi connectivity index (χ0v) is 11.8. The van der Waals surface area contributed by atoms with Gasteiger partial charge in [-0.15, -0.1) is 11.8 Å². The lowest BCUT2D eigenvalue weighted by Crippen LogP contribution is -2.19. The Kier molecular flexibility index (Phi) is 4.53. The maximum absolute atomic E-state index is 11.3. The minimum absolute atomic E-state index is 0.0876. The van der Waals surface area contributed by atoms with Crippen LogP contribution in [0.1, 0.15) is 26.7 Å². The van der Waals surface area contributed by atoms with Crippen molar-refractivity contribution in [2.45, 2.75) is 31.6 Å². The maximum atomic E-state index is 11.3. The van der Waals surface area contributed by atoms with Crippen molar-refractivity contribution in [2.24, 2.45) is 5.92 Å². The first-order chi connectivity index (χ1) is 8.72. The van der Waals surface area contributed by atoms with Crippen LogP contribution in [-0.2, 0) is 4.79 Å². The molecule has 0 saturated carbocycles. The van der Waals surface area contributed by atoms with Crippen LogP contribution in [0.15, 0.2) is 23.1 Å². The van der Waals surface area contributed by atoms with E-state index in [1.54, 1.807) is 11.8 Å². The van der Waals surface area contributed by atoms with E-state index in [1.165, 1.54) is 12.8 Å². The molecule has 0 spiro atoms. The molecule has 1 heterocycles. The fourth-order valence-corrected chi connectivity index (χ4v) is 2.82. The number of amides is 1. The van der Waals surface area contributed by atoms with Crippen LogP contribution >= 0.6 is 11.8 Å². The SMILES string of the molecule is CCC(CC)CNc1ccc2c(c1)NC(=O)CS2. The van der Waals surface area contributed by atoms with Gasteiger partial charge < -0.3 is 10.6 Å². The number of anilines is 2. The van der Waals surface area contributed by atoms with Gasteiger partial charge in [-0.1, -0.05) is 26.7 Å². The molecule has 1 aliphatic heterocycles. The molecule has 1 amide bonds. The maximum Gasteiger partial charge on any atom is 0.234 e. The summed E-state index contributed by atoms with van der Waals surface area (Å²) in [5.41, 5.74) is 2.02. The van der Waals surface area contributed by atoms with Gasteiger partial charge in [-0.05, 0) is 24.1 Å². The van der Waals surface area contributed by atoms with Crippen molar-refractivity contribution >= 4 is 29.0 Å². The molecule has 2 rings (SSSR count). The number of fused-ring (bicyclic) bond motifs is 1. The topological polar surface area (TPSA) is 41.1 Å². The highest BCUT2D eigenvalue weighted by Crippen LogP contribution is 2.33. The lowest BCUT2D eigenvalue weighted by Gasteiger charge is -2.19. The molecule has 0 unspecified atom stereocenters. The van der Waals surface area contributed by atoms with Gasteiger partial charge in [-0.25, -0.2) is 0 Å². The van der Waals surface area contributed by atoms with Crippen LogP contribution in [0, 0.1) is 5.92 Å². The summed E-state index contributed by atoms with van der Waals surface area (Å²) in [6.45, 7) is 5.44. The first-order valence-electron chi connectivity index (χ1n) is 6.53. The van der Waals surface area contributed by atoms with E-state index in [1.807, 2.05) is 6.07 Å². The first-order valence-corrected chi connectivity index (χ1v) is 7.52. The number of thioether (sulfide) groups is 1. The monoisotopic (exact) mass is 264 g/mol. The van der Waals surface area contributed by atoms with Crippen molar-refractivity contribution in [1.82, 2.24) is 0 Å². The quantitative estimate of drug-likeness (QED) is 0.854. The molecule has 0 aliphatic carbocycles. The second-order valence-electron chi connectivity index (χ2n) is 4.61. The van der Waals surface area contributed by atoms with Crippen LogP contribution in [0.3, 0.4) is 0 Å². The zero-order chi connectivity index (χ0) is 13.0. The van der Waals surface area contributed by atoms with Crippen LogP contribution < -0.4 is 10.6 Å². The van der Waals surface area contributed by atoms with Gasteiger partial charge in [-0.2, -0.15) is 0 Å². The van der Waals surface area contributed by atoms with Gasteiger partial charge in [0.25, 0.3) is 0 Å². The van der Waals surface area contributed by atoms with E-state index in [9.17, 15) is 4.79 Å². The van der Waals surface area contributed by atoms with Gasteiger partial charge in [0, 0.05) is 17.1 Å². The normalized spacial score (nSPS) is 14.3. The Hall–Kier alpha value is -1.16. The van der Waals surface area contributed by atoms with Crippen molar-refractivity contribution < 1.29 is 4.79 Å². The van der Waals surface area contributed by atoms with E-state index in [-0.39, 0.29) is 5.91 Å². The number of rotatable bonds is 5. The predicted octanol–water partition coefficient (Wildman–Crippen LogP) is 3.58. The summed E-state index contributed by atoms with van der Waals surface area (Å²) in [5.74, 6) is 1.32. The molecule has 0 radical (unpaired) electrons. The van der Waals surface area contributed by atoms with Crippen molar-refractivity contribution in [2.75, 3.05) is 22.9 Å². The Bertz CT molecular complexity index is 430. The Morgan fingerprint density at radius 2 is 2.17 bits per heavy atom. The molecule has 98 valence electrons. The number of hydrogen-bond acceptors (Lipinski definition) is 3. The molecule has 0 saturated heterocycles. The molecule has 18 heavy (non-hydrogen) atoms. The summed E-state index contributed by atoms with van der Waals surface area (Å²) in [6.07, 6.45) is 2.39. The van der Waals surface area contributed by atoms with Crippen molar-refractivity contribution in [1.29, 1.82) is 0 Å². The van der Waals surface area contributed by atoms with E-state index < -0.39 is 0 Å². The summed E-state index contributed by atoms with van der Waals surface area (Å²) in [4.78, 5) is 12.5. The summed E-state index contributed by atoms with van der Waals surface area (Å²) < 4.78 is 0. The largest absolute Gasteiger partial charge is 0.385 e. The van der Waals surface area contributed by atoms with Gasteiger partial charge in [0.05, 0.1) is 11.4 Å². The Balaban J connectivity index is 2.02. The highest BCUT2D eigenvalue weighted by Gasteiger charge is 2.15. The second-order valence-corrected chi connectivity index (χ2v) is 5.63. The number of nitrogens with one attached hydrogen (secondary N) is 2. The van der Waals surface area contributed by atoms with Crippen molar-refractivity contribution in [3.05, 3.63) is 18.2 Å². The first kappa shape index (κ1) is 13.3. The fourth-order valence-electron chi connectivity index (χ4n) is 2.03. The van der Waals surface area contributed by atoms with Gasteiger partial charge >= 0.3 is 0 Å². The molecule has 1 aromatic rings. The highest BCUT2D eigenvalue weighted by atomic mass is 32.2. The lowest BCUT2D eigenvalue weighted by atomic mass is 10.0. The van der Waals surface area contributed by atoms with E-state index in [4.69, 9.17) is 0 Å². The Labute approximate surface area is 113 Å². The third-order valence-electron chi connectivity index (χ3n) is 3.36. The number of carbonyl (C=O) groups excluding carboxylic acids is 1. The molecule has 4 heteroatoms. The molecule has 0 atom stereocenters. The molecule has 1 aliphatic rings. The number of hydrogen-bond donors (Lipinski definition) is 2. The van der Waals surface area contributed by atoms with Gasteiger partial charge in [0.2, 0.25) is 5.91 Å².